The molecule has 0 radical (unpaired) electrons. The fourth-order valence-corrected chi connectivity index (χ4v) is 5.66. The summed E-state index contributed by atoms with van der Waals surface area (Å²) in [5, 5.41) is 14.3. The zero-order valence-corrected chi connectivity index (χ0v) is 25.5. The van der Waals surface area contributed by atoms with E-state index in [1.165, 1.54) is 4.88 Å². The van der Waals surface area contributed by atoms with E-state index in [-0.39, 0.29) is 0 Å². The van der Waals surface area contributed by atoms with Gasteiger partial charge in [-0.25, -0.2) is 0 Å². The third-order valence-corrected chi connectivity index (χ3v) is 8.00. The number of H-pyrrole nitrogens is 2. The van der Waals surface area contributed by atoms with Crippen molar-refractivity contribution in [1.82, 2.24) is 25.5 Å². The summed E-state index contributed by atoms with van der Waals surface area (Å²) in [6, 6.07) is 6.40. The molecule has 0 atom stereocenters. The predicted octanol–water partition coefficient (Wildman–Crippen LogP) is 8.02. The zero-order chi connectivity index (χ0) is 29.7. The molecular weight excluding hydrogens is 522 g/mol. The first-order chi connectivity index (χ1) is 19.6. The molecule has 5 nitrogen and oxygen atoms in total. The van der Waals surface area contributed by atoms with Gasteiger partial charge in [0, 0.05) is 43.5 Å². The van der Waals surface area contributed by atoms with Crippen LogP contribution in [0.2, 0.25) is 0 Å². The van der Waals surface area contributed by atoms with Crippen LogP contribution in [0.5, 0.6) is 0 Å². The first-order valence-electron chi connectivity index (χ1n) is 13.7. The highest BCUT2D eigenvalue weighted by molar-refractivity contribution is 7.16. The lowest BCUT2D eigenvalue weighted by Crippen LogP contribution is -2.23. The van der Waals surface area contributed by atoms with Crippen molar-refractivity contribution >= 4 is 40.0 Å². The molecule has 0 aliphatic heterocycles. The van der Waals surface area contributed by atoms with Crippen molar-refractivity contribution in [2.45, 2.75) is 41.0 Å². The summed E-state index contributed by atoms with van der Waals surface area (Å²) in [6.45, 7) is 27.0. The molecule has 0 unspecified atom stereocenters. The van der Waals surface area contributed by atoms with E-state index in [9.17, 15) is 0 Å². The van der Waals surface area contributed by atoms with Gasteiger partial charge in [0.15, 0.2) is 0 Å². The monoisotopic (exact) mass is 561 g/mol. The number of hydrogen-bond donors (Lipinski definition) is 3. The minimum absolute atomic E-state index is 0.518. The molecule has 0 aromatic carbocycles. The molecule has 0 amide bonds. The summed E-state index contributed by atoms with van der Waals surface area (Å²) >= 11 is 1.72. The number of aromatic amines is 2. The Bertz CT molecular complexity index is 1820. The van der Waals surface area contributed by atoms with Crippen LogP contribution in [-0.4, -0.2) is 20.2 Å². The largest absolute Gasteiger partial charge is 0.359 e. The molecular formula is C35H39N5S. The number of aromatic nitrogens is 4. The van der Waals surface area contributed by atoms with E-state index in [2.05, 4.69) is 84.8 Å². The van der Waals surface area contributed by atoms with Crippen molar-refractivity contribution in [3.8, 4) is 21.8 Å². The van der Waals surface area contributed by atoms with Gasteiger partial charge in [0.1, 0.15) is 5.69 Å². The summed E-state index contributed by atoms with van der Waals surface area (Å²) in [6.07, 6.45) is 14.7. The second-order valence-electron chi connectivity index (χ2n) is 10.5. The van der Waals surface area contributed by atoms with Crippen LogP contribution in [0.25, 0.3) is 50.5 Å². The Morgan fingerprint density at radius 1 is 1.15 bits per heavy atom. The Balaban J connectivity index is 1.75. The minimum atomic E-state index is 0.518. The van der Waals surface area contributed by atoms with Crippen molar-refractivity contribution in [1.29, 1.82) is 0 Å². The summed E-state index contributed by atoms with van der Waals surface area (Å²) in [5.74, 6) is 0.518. The van der Waals surface area contributed by atoms with Crippen molar-refractivity contribution in [2.75, 3.05) is 0 Å². The average Bonchev–Trinajstić information content (AvgIpc) is 3.68. The maximum absolute atomic E-state index is 4.70. The van der Waals surface area contributed by atoms with Gasteiger partial charge in [-0.3, -0.25) is 10.1 Å². The van der Waals surface area contributed by atoms with Gasteiger partial charge >= 0.3 is 0 Å². The van der Waals surface area contributed by atoms with Gasteiger partial charge < -0.3 is 10.3 Å². The zero-order valence-electron chi connectivity index (χ0n) is 24.7. The lowest BCUT2D eigenvalue weighted by molar-refractivity contribution is 0.622. The average molecular weight is 562 g/mol. The van der Waals surface area contributed by atoms with E-state index in [4.69, 9.17) is 5.10 Å². The second kappa shape index (κ2) is 12.8. The maximum atomic E-state index is 4.70. The molecule has 4 aromatic rings. The predicted molar refractivity (Wildman–Crippen MR) is 178 cm³/mol. The smallest absolute Gasteiger partial charge is 0.116 e. The van der Waals surface area contributed by atoms with Crippen LogP contribution in [0.3, 0.4) is 0 Å². The number of fused-ring (bicyclic) bond motifs is 1. The van der Waals surface area contributed by atoms with E-state index in [0.717, 1.165) is 77.8 Å². The van der Waals surface area contributed by atoms with Crippen LogP contribution in [0, 0.1) is 5.92 Å². The van der Waals surface area contributed by atoms with Crippen LogP contribution >= 0.6 is 11.3 Å². The summed E-state index contributed by atoms with van der Waals surface area (Å²) < 4.78 is 0. The van der Waals surface area contributed by atoms with Gasteiger partial charge in [-0.15, -0.1) is 11.3 Å². The van der Waals surface area contributed by atoms with Crippen LogP contribution in [0.15, 0.2) is 97.7 Å². The van der Waals surface area contributed by atoms with Gasteiger partial charge in [-0.05, 0) is 86.3 Å². The molecule has 210 valence electrons. The molecule has 0 fully saturated rings. The SMILES string of the molecule is C=C/C(=C\C(=C/C)C(=C)/C=c1/c(-c2cc3c(-c4ccc(C(=C)C)s4)cncc3[nH]2)n[nH]/c1=C/C)NC(=C)CC(C)C. The third kappa shape index (κ3) is 6.67. The molecule has 0 aliphatic rings. The number of nitrogens with one attached hydrogen (secondary N) is 3. The first-order valence-corrected chi connectivity index (χ1v) is 14.6. The Kier molecular flexibility index (Phi) is 9.25. The van der Waals surface area contributed by atoms with Gasteiger partial charge in [0.2, 0.25) is 0 Å². The number of hydrogen-bond acceptors (Lipinski definition) is 4. The highest BCUT2D eigenvalue weighted by Gasteiger charge is 2.14. The van der Waals surface area contributed by atoms with Crippen molar-refractivity contribution in [2.24, 2.45) is 5.92 Å². The highest BCUT2D eigenvalue weighted by Crippen LogP contribution is 2.36. The molecule has 3 N–H and O–H groups in total. The summed E-state index contributed by atoms with van der Waals surface area (Å²) in [7, 11) is 0. The molecule has 4 rings (SSSR count). The Morgan fingerprint density at radius 2 is 1.93 bits per heavy atom. The van der Waals surface area contributed by atoms with E-state index in [1.54, 1.807) is 17.4 Å². The number of pyridine rings is 1. The van der Waals surface area contributed by atoms with Crippen LogP contribution in [0.4, 0.5) is 0 Å². The summed E-state index contributed by atoms with van der Waals surface area (Å²) in [5.41, 5.74) is 8.51. The van der Waals surface area contributed by atoms with Gasteiger partial charge in [-0.2, -0.15) is 5.10 Å². The van der Waals surface area contributed by atoms with Crippen molar-refractivity contribution < 1.29 is 0 Å². The quantitative estimate of drug-likeness (QED) is 0.162. The highest BCUT2D eigenvalue weighted by atomic mass is 32.1. The van der Waals surface area contributed by atoms with E-state index in [1.807, 2.05) is 51.4 Å². The van der Waals surface area contributed by atoms with Gasteiger partial charge in [-0.1, -0.05) is 52.3 Å². The normalized spacial score (nSPS) is 13.3. The number of thiophene rings is 1. The molecule has 6 heteroatoms. The van der Waals surface area contributed by atoms with Gasteiger partial charge in [0.25, 0.3) is 0 Å². The summed E-state index contributed by atoms with van der Waals surface area (Å²) in [4.78, 5) is 10.4. The van der Waals surface area contributed by atoms with Crippen molar-refractivity contribution in [3.63, 3.8) is 0 Å². The van der Waals surface area contributed by atoms with Crippen LogP contribution < -0.4 is 15.9 Å². The third-order valence-electron chi connectivity index (χ3n) is 6.72. The number of allylic oxidation sites excluding steroid dienone is 7. The van der Waals surface area contributed by atoms with Gasteiger partial charge in [0.05, 0.1) is 22.8 Å². The molecule has 4 heterocycles. The molecule has 0 bridgehead atoms. The Morgan fingerprint density at radius 3 is 2.56 bits per heavy atom. The second-order valence-corrected chi connectivity index (χ2v) is 11.6. The number of nitrogens with zero attached hydrogens (tertiary/aromatic N) is 2. The fraction of sp³-hybridized carbons (Fsp3) is 0.200. The van der Waals surface area contributed by atoms with E-state index >= 15 is 0 Å². The topological polar surface area (TPSA) is 69.4 Å². The molecule has 0 aliphatic carbocycles. The van der Waals surface area contributed by atoms with Crippen LogP contribution in [-0.2, 0) is 0 Å². The Labute approximate surface area is 246 Å². The molecule has 0 spiro atoms. The van der Waals surface area contributed by atoms with E-state index < -0.39 is 0 Å². The minimum Gasteiger partial charge on any atom is -0.359 e. The maximum Gasteiger partial charge on any atom is 0.116 e. The molecule has 4 aromatic heterocycles. The number of rotatable bonds is 11. The lowest BCUT2D eigenvalue weighted by atomic mass is 10.0. The lowest BCUT2D eigenvalue weighted by Gasteiger charge is -2.13. The van der Waals surface area contributed by atoms with E-state index in [0.29, 0.717) is 5.92 Å². The van der Waals surface area contributed by atoms with Crippen LogP contribution in [0.1, 0.15) is 45.9 Å². The standard InChI is InChI=1S/C35H39N5S/c1-10-25(17-26(11-2)37-24(9)15-21(4)5)23(8)16-28-30(12-3)39-40-35(28)31-18-27-29(19-36-20-32(27)38-31)34-14-13-33(41-34)22(6)7/h10-14,16-21,37-39H,2,6,8-9,15H2,1,3-5,7H3/b25-10+,26-17+,28-16+,30-12+. The first kappa shape index (κ1) is 29.6. The molecule has 41 heavy (non-hydrogen) atoms. The van der Waals surface area contributed by atoms with Crippen molar-refractivity contribution in [3.05, 3.63) is 113 Å². The fourth-order valence-electron chi connectivity index (χ4n) is 4.70. The molecule has 0 saturated heterocycles. The Hall–Kier alpha value is -4.42. The molecule has 0 saturated carbocycles.